The number of aliphatic carboxylic acids is 8. The first-order chi connectivity index (χ1) is 21.0. The molecule has 45 heavy (non-hydrogen) atoms. The molecule has 0 unspecified atom stereocenters. The van der Waals surface area contributed by atoms with E-state index in [9.17, 15) is 38.4 Å². The fourth-order valence-electron chi connectivity index (χ4n) is 3.11. The summed E-state index contributed by atoms with van der Waals surface area (Å²) in [6, 6.07) is 0. The van der Waals surface area contributed by atoms with Crippen molar-refractivity contribution in [3.63, 3.8) is 0 Å². The largest absolute Gasteiger partial charge is 0.481 e. The lowest BCUT2D eigenvalue weighted by atomic mass is 10.1. The standard InChI is InChI=1S/C10H18O4.C9H16O4.C6H10O4.C4H6O4/c11-9(12)7-5-3-1-2-4-6-8-10(13)14;10-8(11)6-4-2-1-3-5-7-9(12)13;7-5(8)3-1-2-4-6(9)10;5-3(6)1-2-4(7)8/h1-8H2,(H,11,12)(H,13,14);1-7H2,(H,10,11)(H,12,13);1-4H2,(H,7,8)(H,9,10);1-2H2,(H,5,6)(H,7,8). The van der Waals surface area contributed by atoms with Crippen LogP contribution in [-0.2, 0) is 38.4 Å². The third kappa shape index (κ3) is 68.5. The second-order valence-electron chi connectivity index (χ2n) is 9.75. The second kappa shape index (κ2) is 36.0. The monoisotopic (exact) mass is 654 g/mol. The number of carbonyl (C=O) groups is 8. The average molecular weight is 655 g/mol. The minimum Gasteiger partial charge on any atom is -0.481 e. The molecule has 262 valence electrons. The van der Waals surface area contributed by atoms with E-state index >= 15 is 0 Å². The first-order valence-corrected chi connectivity index (χ1v) is 14.8. The number of hydrogen-bond donors (Lipinski definition) is 8. The minimum atomic E-state index is -1.08. The Morgan fingerprint density at radius 3 is 0.444 bits per heavy atom. The van der Waals surface area contributed by atoms with E-state index in [0.717, 1.165) is 57.8 Å². The first kappa shape index (κ1) is 47.7. The van der Waals surface area contributed by atoms with Crippen molar-refractivity contribution >= 4 is 47.8 Å². The smallest absolute Gasteiger partial charge is 0.303 e. The molecule has 0 saturated carbocycles. The lowest BCUT2D eigenvalue weighted by Gasteiger charge is -1.98. The van der Waals surface area contributed by atoms with Crippen molar-refractivity contribution in [1.82, 2.24) is 0 Å². The van der Waals surface area contributed by atoms with Crippen LogP contribution in [0.5, 0.6) is 0 Å². The quantitative estimate of drug-likeness (QED) is 0.0612. The lowest BCUT2D eigenvalue weighted by Crippen LogP contribution is -2.00. The molecule has 0 aromatic rings. The number of hydrogen-bond acceptors (Lipinski definition) is 8. The molecule has 0 aliphatic heterocycles. The van der Waals surface area contributed by atoms with E-state index in [1.54, 1.807) is 0 Å². The van der Waals surface area contributed by atoms with Crippen molar-refractivity contribution in [2.45, 2.75) is 135 Å². The molecule has 0 rings (SSSR count). The van der Waals surface area contributed by atoms with E-state index in [2.05, 4.69) is 0 Å². The van der Waals surface area contributed by atoms with Crippen LogP contribution in [0, 0.1) is 0 Å². The number of carboxylic acids is 8. The SMILES string of the molecule is O=C(O)CCC(=O)O.O=C(O)CCCCC(=O)O.O=C(O)CCCCCCCC(=O)O.O=C(O)CCCCCCCCC(=O)O. The summed E-state index contributed by atoms with van der Waals surface area (Å²) in [5.41, 5.74) is 0. The summed E-state index contributed by atoms with van der Waals surface area (Å²) < 4.78 is 0. The van der Waals surface area contributed by atoms with Gasteiger partial charge in [-0.2, -0.15) is 0 Å². The lowest BCUT2D eigenvalue weighted by molar-refractivity contribution is -0.143. The maximum Gasteiger partial charge on any atom is 0.303 e. The van der Waals surface area contributed by atoms with Crippen LogP contribution < -0.4 is 0 Å². The van der Waals surface area contributed by atoms with Gasteiger partial charge in [0.2, 0.25) is 0 Å². The van der Waals surface area contributed by atoms with Crippen LogP contribution in [0.4, 0.5) is 0 Å². The van der Waals surface area contributed by atoms with Gasteiger partial charge in [-0.05, 0) is 38.5 Å². The first-order valence-electron chi connectivity index (χ1n) is 14.8. The highest BCUT2D eigenvalue weighted by Gasteiger charge is 2.01. The van der Waals surface area contributed by atoms with Crippen molar-refractivity contribution in [2.24, 2.45) is 0 Å². The van der Waals surface area contributed by atoms with E-state index in [-0.39, 0.29) is 51.4 Å². The molecule has 0 fully saturated rings. The molecule has 0 aromatic carbocycles. The van der Waals surface area contributed by atoms with Gasteiger partial charge in [-0.25, -0.2) is 0 Å². The van der Waals surface area contributed by atoms with E-state index in [0.29, 0.717) is 25.7 Å². The third-order valence-corrected chi connectivity index (χ3v) is 5.40. The highest BCUT2D eigenvalue weighted by atomic mass is 16.4. The van der Waals surface area contributed by atoms with Gasteiger partial charge < -0.3 is 40.9 Å². The van der Waals surface area contributed by atoms with Crippen LogP contribution in [0.1, 0.15) is 135 Å². The van der Waals surface area contributed by atoms with Crippen molar-refractivity contribution in [2.75, 3.05) is 0 Å². The maximum absolute atomic E-state index is 10.1. The topological polar surface area (TPSA) is 298 Å². The molecule has 0 amide bonds. The highest BCUT2D eigenvalue weighted by molar-refractivity contribution is 5.75. The van der Waals surface area contributed by atoms with Gasteiger partial charge in [-0.1, -0.05) is 44.9 Å². The molecule has 0 bridgehead atoms. The van der Waals surface area contributed by atoms with E-state index < -0.39 is 47.8 Å². The molecule has 8 N–H and O–H groups in total. The molecule has 16 nitrogen and oxygen atoms in total. The summed E-state index contributed by atoms with van der Waals surface area (Å²) in [5, 5.41) is 65.4. The van der Waals surface area contributed by atoms with Gasteiger partial charge >= 0.3 is 47.8 Å². The van der Waals surface area contributed by atoms with Crippen LogP contribution in [0.15, 0.2) is 0 Å². The Morgan fingerprint density at radius 2 is 0.311 bits per heavy atom. The molecular formula is C29H50O16. The molecule has 0 aromatic heterocycles. The Hall–Kier alpha value is -4.24. The van der Waals surface area contributed by atoms with Crippen LogP contribution in [0.2, 0.25) is 0 Å². The predicted octanol–water partition coefficient (Wildman–Crippen LogP) is 4.81. The second-order valence-corrected chi connectivity index (χ2v) is 9.75. The molecule has 0 atom stereocenters. The zero-order valence-electron chi connectivity index (χ0n) is 25.7. The summed E-state index contributed by atoms with van der Waals surface area (Å²) >= 11 is 0. The zero-order chi connectivity index (χ0) is 35.5. The van der Waals surface area contributed by atoms with Crippen molar-refractivity contribution in [1.29, 1.82) is 0 Å². The van der Waals surface area contributed by atoms with Gasteiger partial charge in [0, 0.05) is 38.5 Å². The normalized spacial score (nSPS) is 9.51. The highest BCUT2D eigenvalue weighted by Crippen LogP contribution is 2.09. The van der Waals surface area contributed by atoms with Gasteiger partial charge in [0.25, 0.3) is 0 Å². The van der Waals surface area contributed by atoms with Gasteiger partial charge in [-0.3, -0.25) is 38.4 Å². The Labute approximate surface area is 262 Å². The number of rotatable bonds is 25. The fourth-order valence-corrected chi connectivity index (χ4v) is 3.11. The third-order valence-electron chi connectivity index (χ3n) is 5.40. The molecule has 0 spiro atoms. The van der Waals surface area contributed by atoms with Crippen LogP contribution in [0.25, 0.3) is 0 Å². The van der Waals surface area contributed by atoms with Crippen LogP contribution in [0.3, 0.4) is 0 Å². The van der Waals surface area contributed by atoms with Gasteiger partial charge in [0.05, 0.1) is 12.8 Å². The Morgan fingerprint density at radius 1 is 0.200 bits per heavy atom. The number of unbranched alkanes of at least 4 members (excludes halogenated alkanes) is 10. The molecule has 0 saturated heterocycles. The van der Waals surface area contributed by atoms with Crippen LogP contribution >= 0.6 is 0 Å². The Balaban J connectivity index is -0.000000254. The maximum atomic E-state index is 10.1. The summed E-state index contributed by atoms with van der Waals surface area (Å²) in [7, 11) is 0. The Bertz CT molecular complexity index is 785. The summed E-state index contributed by atoms with van der Waals surface area (Å²) in [6.07, 6.45) is 10.8. The Kier molecular flexibility index (Phi) is 38.1. The molecule has 0 aliphatic carbocycles. The average Bonchev–Trinajstić information content (AvgIpc) is 2.91. The minimum absolute atomic E-state index is 0.0628. The summed E-state index contributed by atoms with van der Waals surface area (Å²) in [4.78, 5) is 79.6. The van der Waals surface area contributed by atoms with E-state index in [1.807, 2.05) is 0 Å². The number of carboxylic acid groups (broad SMARTS) is 8. The van der Waals surface area contributed by atoms with Crippen LogP contribution in [-0.4, -0.2) is 88.6 Å². The summed E-state index contributed by atoms with van der Waals surface area (Å²) in [6.45, 7) is 0. The van der Waals surface area contributed by atoms with E-state index in [1.165, 1.54) is 0 Å². The van der Waals surface area contributed by atoms with Gasteiger partial charge in [0.15, 0.2) is 0 Å². The molecule has 0 aliphatic rings. The molecular weight excluding hydrogens is 604 g/mol. The van der Waals surface area contributed by atoms with Crippen molar-refractivity contribution in [3.05, 3.63) is 0 Å². The zero-order valence-corrected chi connectivity index (χ0v) is 25.7. The van der Waals surface area contributed by atoms with Gasteiger partial charge in [-0.15, -0.1) is 0 Å². The van der Waals surface area contributed by atoms with Gasteiger partial charge in [0.1, 0.15) is 0 Å². The van der Waals surface area contributed by atoms with E-state index in [4.69, 9.17) is 40.9 Å². The molecule has 0 heterocycles. The van der Waals surface area contributed by atoms with Crippen molar-refractivity contribution < 1.29 is 79.2 Å². The summed E-state index contributed by atoms with van der Waals surface area (Å²) in [5.74, 6) is -6.89. The molecule has 0 radical (unpaired) electrons. The molecule has 16 heteroatoms. The van der Waals surface area contributed by atoms with Crippen molar-refractivity contribution in [3.8, 4) is 0 Å². The fraction of sp³-hybridized carbons (Fsp3) is 0.724. The predicted molar refractivity (Wildman–Crippen MR) is 158 cm³/mol.